The Morgan fingerprint density at radius 1 is 0.827 bits per heavy atom. The number of nitrogens with zero attached hydrogens (tertiary/aromatic N) is 7. The second kappa shape index (κ2) is 18.8. The summed E-state index contributed by atoms with van der Waals surface area (Å²) in [6, 6.07) is 6.34. The van der Waals surface area contributed by atoms with Gasteiger partial charge >= 0.3 is 0 Å². The number of nitrogens with one attached hydrogen (secondary N) is 2. The monoisotopic (exact) mass is 811 g/mol. The molecule has 3 unspecified atom stereocenters. The van der Waals surface area contributed by atoms with Crippen molar-refractivity contribution in [3.05, 3.63) is 92.0 Å². The highest BCUT2D eigenvalue weighted by Gasteiger charge is 2.29. The molecule has 5 aromatic rings. The van der Waals surface area contributed by atoms with Gasteiger partial charge in [0.1, 0.15) is 29.1 Å². The molecule has 4 aromatic heterocycles. The standard InChI is InChI=1S/C21H24FN5O3.C11H13ClN4O2.H6P4/c22-16-3-1-14(2-4-16)13-30-17-10-26(11-17)12-19-24-21(28)18-9-23-20(27(18)25-19)15-5-7-29-8-6-15;12-5-9-14-11(17)8-6-13-10(16(8)15-9)7-1-3-18-4-2-7;1-4(2)3/h1-4,9,15,17H,5-8,10-13H2,(H,24,25,28);6-7H,1-5H2,(H,14,15,17);1-3H2. The molecule has 0 spiro atoms. The van der Waals surface area contributed by atoms with E-state index in [0.29, 0.717) is 55.0 Å². The molecule has 2 N–H and O–H groups in total. The molecule has 0 saturated carbocycles. The Kier molecular flexibility index (Phi) is 14.3. The van der Waals surface area contributed by atoms with Crippen molar-refractivity contribution in [1.29, 1.82) is 0 Å². The number of rotatable bonds is 8. The predicted molar refractivity (Wildman–Crippen MR) is 209 cm³/mol. The zero-order chi connectivity index (χ0) is 36.6. The number of hydrogen-bond donors (Lipinski definition) is 2. The highest BCUT2D eigenvalue weighted by Crippen LogP contribution is 2.59. The number of hydrogen-bond acceptors (Lipinski definition) is 10. The molecule has 280 valence electrons. The SMILES string of the molecule is O=c1[nH]c(CCl)nn2c(C3CCOCC3)ncc12.O=c1[nH]c(CN2CC(OCc3ccc(F)cc3)C2)nn2c(C3CCOCC3)ncc12.PP(P)P. The van der Waals surface area contributed by atoms with E-state index in [1.165, 1.54) is 12.1 Å². The molecule has 3 aliphatic rings. The van der Waals surface area contributed by atoms with Gasteiger partial charge in [0.25, 0.3) is 11.1 Å². The molecule has 3 fully saturated rings. The summed E-state index contributed by atoms with van der Waals surface area (Å²) in [6.07, 6.45) is 6.88. The number of aromatic amines is 2. The van der Waals surface area contributed by atoms with Crippen LogP contribution in [-0.2, 0) is 33.2 Å². The van der Waals surface area contributed by atoms with Crippen LogP contribution in [-0.4, -0.2) is 89.7 Å². The highest BCUT2D eigenvalue weighted by atomic mass is 35.5. The van der Waals surface area contributed by atoms with Crippen LogP contribution < -0.4 is 11.1 Å². The lowest BCUT2D eigenvalue weighted by atomic mass is 10.00. The van der Waals surface area contributed by atoms with Crippen molar-refractivity contribution in [3.63, 3.8) is 0 Å². The smallest absolute Gasteiger partial charge is 0.276 e. The Morgan fingerprint density at radius 2 is 1.31 bits per heavy atom. The van der Waals surface area contributed by atoms with Crippen LogP contribution in [0.4, 0.5) is 4.39 Å². The van der Waals surface area contributed by atoms with E-state index in [1.54, 1.807) is 33.6 Å². The van der Waals surface area contributed by atoms with E-state index in [2.05, 4.69) is 61.8 Å². The van der Waals surface area contributed by atoms with Gasteiger partial charge in [0.05, 0.1) is 37.5 Å². The Labute approximate surface area is 312 Å². The number of halogens is 2. The minimum Gasteiger partial charge on any atom is -0.381 e. The van der Waals surface area contributed by atoms with Crippen LogP contribution in [0.3, 0.4) is 0 Å². The number of imidazole rings is 2. The first kappa shape index (κ1) is 39.4. The Bertz CT molecular complexity index is 2030. The molecular weight excluding hydrogens is 769 g/mol. The molecule has 0 radical (unpaired) electrons. The van der Waals surface area contributed by atoms with Crippen molar-refractivity contribution in [2.75, 3.05) is 39.5 Å². The van der Waals surface area contributed by atoms with Crippen LogP contribution in [0.1, 0.15) is 66.4 Å². The fourth-order valence-corrected chi connectivity index (χ4v) is 6.40. The summed E-state index contributed by atoms with van der Waals surface area (Å²) in [7, 11) is 7.94. The Balaban J connectivity index is 0.000000179. The average Bonchev–Trinajstić information content (AvgIpc) is 3.76. The van der Waals surface area contributed by atoms with Crippen LogP contribution in [0, 0.1) is 5.82 Å². The van der Waals surface area contributed by atoms with Gasteiger partial charge in [-0.15, -0.1) is 38.4 Å². The fraction of sp³-hybridized carbons (Fsp3) is 0.500. The van der Waals surface area contributed by atoms with Gasteiger partial charge in [-0.25, -0.2) is 23.4 Å². The van der Waals surface area contributed by atoms with E-state index in [9.17, 15) is 14.0 Å². The molecule has 7 heterocycles. The lowest BCUT2D eigenvalue weighted by Gasteiger charge is -2.38. The minimum atomic E-state index is -0.245. The second-order valence-electron chi connectivity index (χ2n) is 12.7. The molecule has 3 aliphatic heterocycles. The van der Waals surface area contributed by atoms with Crippen molar-refractivity contribution in [2.45, 2.75) is 62.7 Å². The van der Waals surface area contributed by atoms with Crippen LogP contribution in [0.25, 0.3) is 11.0 Å². The molecule has 3 saturated heterocycles. The van der Waals surface area contributed by atoms with E-state index >= 15 is 0 Å². The largest absolute Gasteiger partial charge is 0.381 e. The van der Waals surface area contributed by atoms with Crippen LogP contribution >= 0.6 is 45.4 Å². The summed E-state index contributed by atoms with van der Waals surface area (Å²) < 4.78 is 32.9. The van der Waals surface area contributed by atoms with Gasteiger partial charge in [-0.3, -0.25) is 14.5 Å². The summed E-state index contributed by atoms with van der Waals surface area (Å²) in [5.41, 5.74) is 1.52. The lowest BCUT2D eigenvalue weighted by molar-refractivity contribution is -0.0668. The third-order valence-electron chi connectivity index (χ3n) is 8.95. The highest BCUT2D eigenvalue weighted by molar-refractivity contribution is 8.65. The van der Waals surface area contributed by atoms with E-state index in [0.717, 1.165) is 69.2 Å². The number of likely N-dealkylation sites (tertiary alicyclic amines) is 1. The molecule has 1 aromatic carbocycles. The number of ether oxygens (including phenoxy) is 3. The van der Waals surface area contributed by atoms with Gasteiger partial charge < -0.3 is 24.2 Å². The molecule has 8 rings (SSSR count). The van der Waals surface area contributed by atoms with Gasteiger partial charge in [-0.05, 0) is 50.4 Å². The second-order valence-corrected chi connectivity index (χ2v) is 24.6. The number of benzene rings is 1. The molecule has 3 atom stereocenters. The molecule has 0 amide bonds. The van der Waals surface area contributed by atoms with Crippen molar-refractivity contribution in [1.82, 2.24) is 44.1 Å². The number of alkyl halides is 1. The van der Waals surface area contributed by atoms with E-state index in [4.69, 9.17) is 25.8 Å². The maximum atomic E-state index is 13.0. The zero-order valence-corrected chi connectivity index (χ0v) is 33.6. The Morgan fingerprint density at radius 3 is 1.81 bits per heavy atom. The average molecular weight is 812 g/mol. The Hall–Kier alpha value is -2.30. The summed E-state index contributed by atoms with van der Waals surface area (Å²) in [4.78, 5) is 40.8. The minimum absolute atomic E-state index is 0.122. The van der Waals surface area contributed by atoms with E-state index in [1.807, 2.05) is 0 Å². The molecule has 14 nitrogen and oxygen atoms in total. The molecule has 0 aliphatic carbocycles. The van der Waals surface area contributed by atoms with Crippen molar-refractivity contribution in [2.24, 2.45) is 0 Å². The van der Waals surface area contributed by atoms with E-state index in [-0.39, 0.29) is 41.8 Å². The summed E-state index contributed by atoms with van der Waals surface area (Å²) in [5, 5.41) is 8.98. The number of H-pyrrole nitrogens is 2. The van der Waals surface area contributed by atoms with Crippen molar-refractivity contribution >= 4 is 56.4 Å². The van der Waals surface area contributed by atoms with Gasteiger partial charge in [-0.2, -0.15) is 10.2 Å². The quantitative estimate of drug-likeness (QED) is 0.166. The zero-order valence-electron chi connectivity index (χ0n) is 28.5. The summed E-state index contributed by atoms with van der Waals surface area (Å²) >= 11 is 5.72. The maximum absolute atomic E-state index is 13.0. The first-order valence-electron chi connectivity index (χ1n) is 17.0. The van der Waals surface area contributed by atoms with Crippen LogP contribution in [0.2, 0.25) is 0 Å². The summed E-state index contributed by atoms with van der Waals surface area (Å²) in [6.45, 7) is 5.54. The van der Waals surface area contributed by atoms with Gasteiger partial charge in [0.2, 0.25) is 0 Å². The normalized spacial score (nSPS) is 17.5. The maximum Gasteiger partial charge on any atom is 0.276 e. The van der Waals surface area contributed by atoms with Crippen LogP contribution in [0.15, 0.2) is 46.2 Å². The van der Waals surface area contributed by atoms with Crippen molar-refractivity contribution < 1.29 is 18.6 Å². The number of fused-ring (bicyclic) bond motifs is 2. The lowest BCUT2D eigenvalue weighted by Crippen LogP contribution is -2.51. The van der Waals surface area contributed by atoms with E-state index < -0.39 is 0 Å². The molecular formula is C32H43ClFN9O5P4. The number of aromatic nitrogens is 8. The third-order valence-corrected chi connectivity index (χ3v) is 9.20. The molecule has 52 heavy (non-hydrogen) atoms. The predicted octanol–water partition coefficient (Wildman–Crippen LogP) is 4.74. The van der Waals surface area contributed by atoms with Gasteiger partial charge in [0.15, 0.2) is 11.0 Å². The fourth-order valence-electron chi connectivity index (χ4n) is 6.28. The van der Waals surface area contributed by atoms with Gasteiger partial charge in [0, 0.05) is 51.4 Å². The summed E-state index contributed by atoms with van der Waals surface area (Å²) in [5.74, 6) is 3.23. The topological polar surface area (TPSA) is 157 Å². The molecule has 0 bridgehead atoms. The third kappa shape index (κ3) is 10.3. The first-order chi connectivity index (χ1) is 25.2. The first-order valence-corrected chi connectivity index (χ1v) is 23.7. The van der Waals surface area contributed by atoms with Gasteiger partial charge in [-0.1, -0.05) is 12.1 Å². The molecule has 20 heteroatoms. The van der Waals surface area contributed by atoms with Crippen LogP contribution in [0.5, 0.6) is 0 Å². The van der Waals surface area contributed by atoms with Crippen molar-refractivity contribution in [3.8, 4) is 0 Å².